The number of methoxy groups -OCH3 is 1. The first-order valence-electron chi connectivity index (χ1n) is 7.04. The van der Waals surface area contributed by atoms with Gasteiger partial charge >= 0.3 is 0 Å². The highest BCUT2D eigenvalue weighted by molar-refractivity contribution is 5.45. The van der Waals surface area contributed by atoms with Crippen LogP contribution in [0.5, 0.6) is 5.75 Å². The summed E-state index contributed by atoms with van der Waals surface area (Å²) >= 11 is 0. The maximum Gasteiger partial charge on any atom is 0.124 e. The standard InChI is InChI=1S/C16H25NO/c1-5-13-6-7-17-14(10-13)16-12(3)8-11(2)9-15(16)18-4/h8-9,13-14,17H,5-7,10H2,1-4H3. The van der Waals surface area contributed by atoms with E-state index in [2.05, 4.69) is 38.2 Å². The van der Waals surface area contributed by atoms with Crippen LogP contribution in [0.1, 0.15) is 48.9 Å². The fourth-order valence-electron chi connectivity index (χ4n) is 3.14. The molecule has 2 rings (SSSR count). The quantitative estimate of drug-likeness (QED) is 0.878. The van der Waals surface area contributed by atoms with Crippen molar-refractivity contribution in [1.82, 2.24) is 5.32 Å². The maximum absolute atomic E-state index is 5.59. The molecule has 2 atom stereocenters. The van der Waals surface area contributed by atoms with Crippen molar-refractivity contribution in [3.05, 3.63) is 28.8 Å². The fourth-order valence-corrected chi connectivity index (χ4v) is 3.14. The minimum Gasteiger partial charge on any atom is -0.496 e. The van der Waals surface area contributed by atoms with Crippen LogP contribution >= 0.6 is 0 Å². The van der Waals surface area contributed by atoms with Gasteiger partial charge < -0.3 is 10.1 Å². The summed E-state index contributed by atoms with van der Waals surface area (Å²) in [4.78, 5) is 0. The van der Waals surface area contributed by atoms with Gasteiger partial charge in [0.05, 0.1) is 7.11 Å². The lowest BCUT2D eigenvalue weighted by atomic mass is 9.85. The lowest BCUT2D eigenvalue weighted by Gasteiger charge is -2.32. The van der Waals surface area contributed by atoms with Gasteiger partial charge in [-0.25, -0.2) is 0 Å². The molecule has 0 aromatic heterocycles. The Bertz CT molecular complexity index is 414. The third-order valence-electron chi connectivity index (χ3n) is 4.15. The predicted molar refractivity (Wildman–Crippen MR) is 76.2 cm³/mol. The van der Waals surface area contributed by atoms with Crippen molar-refractivity contribution in [3.63, 3.8) is 0 Å². The smallest absolute Gasteiger partial charge is 0.124 e. The zero-order valence-corrected chi connectivity index (χ0v) is 12.0. The second kappa shape index (κ2) is 5.75. The second-order valence-corrected chi connectivity index (χ2v) is 5.50. The largest absolute Gasteiger partial charge is 0.496 e. The number of hydrogen-bond acceptors (Lipinski definition) is 2. The Morgan fingerprint density at radius 3 is 2.78 bits per heavy atom. The number of piperidine rings is 1. The highest BCUT2D eigenvalue weighted by atomic mass is 16.5. The van der Waals surface area contributed by atoms with Crippen LogP contribution in [0.3, 0.4) is 0 Å². The average Bonchev–Trinajstić information content (AvgIpc) is 2.37. The Hall–Kier alpha value is -1.02. The Morgan fingerprint density at radius 1 is 1.33 bits per heavy atom. The summed E-state index contributed by atoms with van der Waals surface area (Å²) < 4.78 is 5.59. The number of hydrogen-bond donors (Lipinski definition) is 1. The van der Waals surface area contributed by atoms with Crippen molar-refractivity contribution < 1.29 is 4.74 Å². The molecule has 100 valence electrons. The number of nitrogens with one attached hydrogen (secondary N) is 1. The maximum atomic E-state index is 5.59. The molecule has 18 heavy (non-hydrogen) atoms. The van der Waals surface area contributed by atoms with E-state index < -0.39 is 0 Å². The average molecular weight is 247 g/mol. The van der Waals surface area contributed by atoms with Crippen LogP contribution in [0.25, 0.3) is 0 Å². The summed E-state index contributed by atoms with van der Waals surface area (Å²) in [7, 11) is 1.78. The SMILES string of the molecule is CCC1CCNC(c2c(C)cc(C)cc2OC)C1. The second-order valence-electron chi connectivity index (χ2n) is 5.50. The molecule has 0 amide bonds. The van der Waals surface area contributed by atoms with E-state index in [4.69, 9.17) is 4.74 Å². The molecular weight excluding hydrogens is 222 g/mol. The van der Waals surface area contributed by atoms with Crippen molar-refractivity contribution >= 4 is 0 Å². The van der Waals surface area contributed by atoms with Gasteiger partial charge in [0.1, 0.15) is 5.75 Å². The van der Waals surface area contributed by atoms with Gasteiger partial charge in [-0.2, -0.15) is 0 Å². The van der Waals surface area contributed by atoms with E-state index in [1.54, 1.807) is 7.11 Å². The fraction of sp³-hybridized carbons (Fsp3) is 0.625. The molecule has 1 aliphatic heterocycles. The van der Waals surface area contributed by atoms with Crippen molar-refractivity contribution in [2.24, 2.45) is 5.92 Å². The predicted octanol–water partition coefficient (Wildman–Crippen LogP) is 3.76. The van der Waals surface area contributed by atoms with E-state index in [1.807, 2.05) is 0 Å². The Morgan fingerprint density at radius 2 is 2.11 bits per heavy atom. The topological polar surface area (TPSA) is 21.3 Å². The normalized spacial score (nSPS) is 24.0. The molecule has 1 aliphatic rings. The molecule has 0 saturated carbocycles. The van der Waals surface area contributed by atoms with Crippen LogP contribution in [0.4, 0.5) is 0 Å². The summed E-state index contributed by atoms with van der Waals surface area (Å²) in [6, 6.07) is 4.87. The molecular formula is C16H25NO. The summed E-state index contributed by atoms with van der Waals surface area (Å²) in [6.07, 6.45) is 3.82. The number of aryl methyl sites for hydroxylation is 2. The Labute approximate surface area is 111 Å². The van der Waals surface area contributed by atoms with Gasteiger partial charge in [0.15, 0.2) is 0 Å². The minimum atomic E-state index is 0.458. The van der Waals surface area contributed by atoms with Gasteiger partial charge in [-0.05, 0) is 56.3 Å². The Kier molecular flexibility index (Phi) is 4.28. The molecule has 1 fully saturated rings. The molecule has 0 radical (unpaired) electrons. The van der Waals surface area contributed by atoms with Gasteiger partial charge in [-0.3, -0.25) is 0 Å². The summed E-state index contributed by atoms with van der Waals surface area (Å²) in [6.45, 7) is 7.75. The van der Waals surface area contributed by atoms with Gasteiger partial charge in [0, 0.05) is 11.6 Å². The van der Waals surface area contributed by atoms with Gasteiger partial charge in [-0.1, -0.05) is 19.4 Å². The van der Waals surface area contributed by atoms with E-state index >= 15 is 0 Å². The number of ether oxygens (including phenoxy) is 1. The first-order valence-corrected chi connectivity index (χ1v) is 7.04. The highest BCUT2D eigenvalue weighted by Gasteiger charge is 2.25. The minimum absolute atomic E-state index is 0.458. The third-order valence-corrected chi connectivity index (χ3v) is 4.15. The number of benzene rings is 1. The number of rotatable bonds is 3. The van der Waals surface area contributed by atoms with Gasteiger partial charge in [-0.15, -0.1) is 0 Å². The molecule has 0 bridgehead atoms. The van der Waals surface area contributed by atoms with E-state index in [0.29, 0.717) is 6.04 Å². The van der Waals surface area contributed by atoms with E-state index in [0.717, 1.165) is 18.2 Å². The van der Waals surface area contributed by atoms with Crippen LogP contribution in [0.2, 0.25) is 0 Å². The molecule has 1 N–H and O–H groups in total. The van der Waals surface area contributed by atoms with Crippen LogP contribution in [-0.2, 0) is 0 Å². The van der Waals surface area contributed by atoms with Crippen LogP contribution in [0, 0.1) is 19.8 Å². The molecule has 2 unspecified atom stereocenters. The first kappa shape index (κ1) is 13.4. The zero-order valence-electron chi connectivity index (χ0n) is 12.0. The van der Waals surface area contributed by atoms with Crippen LogP contribution < -0.4 is 10.1 Å². The molecule has 0 spiro atoms. The lowest BCUT2D eigenvalue weighted by Crippen LogP contribution is -2.32. The molecule has 1 aromatic carbocycles. The van der Waals surface area contributed by atoms with Crippen LogP contribution in [-0.4, -0.2) is 13.7 Å². The monoisotopic (exact) mass is 247 g/mol. The van der Waals surface area contributed by atoms with Crippen molar-refractivity contribution in [2.45, 2.75) is 46.1 Å². The first-order chi connectivity index (χ1) is 8.65. The lowest BCUT2D eigenvalue weighted by molar-refractivity contribution is 0.291. The summed E-state index contributed by atoms with van der Waals surface area (Å²) in [5, 5.41) is 3.65. The molecule has 2 heteroatoms. The molecule has 1 saturated heterocycles. The Balaban J connectivity index is 2.31. The van der Waals surface area contributed by atoms with Crippen molar-refractivity contribution in [3.8, 4) is 5.75 Å². The summed E-state index contributed by atoms with van der Waals surface area (Å²) in [5.41, 5.74) is 3.98. The highest BCUT2D eigenvalue weighted by Crippen LogP contribution is 2.36. The molecule has 1 aromatic rings. The van der Waals surface area contributed by atoms with Crippen molar-refractivity contribution in [2.75, 3.05) is 13.7 Å². The van der Waals surface area contributed by atoms with E-state index in [1.165, 1.54) is 36.0 Å². The van der Waals surface area contributed by atoms with Gasteiger partial charge in [0.25, 0.3) is 0 Å². The summed E-state index contributed by atoms with van der Waals surface area (Å²) in [5.74, 6) is 1.89. The molecule has 1 heterocycles. The van der Waals surface area contributed by atoms with Gasteiger partial charge in [0.2, 0.25) is 0 Å². The third kappa shape index (κ3) is 2.69. The molecule has 0 aliphatic carbocycles. The molecule has 2 nitrogen and oxygen atoms in total. The van der Waals surface area contributed by atoms with E-state index in [9.17, 15) is 0 Å². The van der Waals surface area contributed by atoms with Crippen LogP contribution in [0.15, 0.2) is 12.1 Å². The van der Waals surface area contributed by atoms with Crippen molar-refractivity contribution in [1.29, 1.82) is 0 Å². The van der Waals surface area contributed by atoms with E-state index in [-0.39, 0.29) is 0 Å². The zero-order chi connectivity index (χ0) is 13.1.